The molecule has 0 aliphatic carbocycles. The van der Waals surface area contributed by atoms with Gasteiger partial charge in [0.1, 0.15) is 17.1 Å². The lowest BCUT2D eigenvalue weighted by Crippen LogP contribution is -2.53. The Labute approximate surface area is 150 Å². The van der Waals surface area contributed by atoms with Crippen LogP contribution in [0, 0.1) is 5.82 Å². The van der Waals surface area contributed by atoms with Crippen LogP contribution in [0.4, 0.5) is 4.39 Å². The number of halogens is 1. The number of carbonyl (C=O) groups excluding carboxylic acids is 2. The second-order valence-electron chi connectivity index (χ2n) is 6.76. The van der Waals surface area contributed by atoms with Crippen LogP contribution in [0.3, 0.4) is 0 Å². The first-order valence-electron chi connectivity index (χ1n) is 8.49. The van der Waals surface area contributed by atoms with Gasteiger partial charge in [0.15, 0.2) is 0 Å². The van der Waals surface area contributed by atoms with E-state index in [0.717, 1.165) is 0 Å². The van der Waals surface area contributed by atoms with Crippen LogP contribution in [-0.2, 0) is 20.9 Å². The summed E-state index contributed by atoms with van der Waals surface area (Å²) in [7, 11) is 0. The lowest BCUT2D eigenvalue weighted by molar-refractivity contribution is -0.153. The van der Waals surface area contributed by atoms with E-state index in [2.05, 4.69) is 5.10 Å². The second kappa shape index (κ2) is 6.86. The van der Waals surface area contributed by atoms with Crippen LogP contribution in [0.2, 0.25) is 0 Å². The van der Waals surface area contributed by atoms with E-state index in [1.165, 1.54) is 29.0 Å². The second-order valence-corrected chi connectivity index (χ2v) is 6.76. The van der Waals surface area contributed by atoms with Crippen molar-refractivity contribution >= 4 is 23.5 Å². The third-order valence-electron chi connectivity index (χ3n) is 4.94. The number of rotatable bonds is 4. The lowest BCUT2D eigenvalue weighted by atomic mass is 9.98. The summed E-state index contributed by atoms with van der Waals surface area (Å²) < 4.78 is 13.0. The van der Waals surface area contributed by atoms with E-state index in [1.807, 2.05) is 0 Å². The normalized spacial score (nSPS) is 23.2. The molecule has 1 aromatic rings. The third-order valence-corrected chi connectivity index (χ3v) is 4.94. The quantitative estimate of drug-likeness (QED) is 0.885. The molecule has 3 rings (SSSR count). The largest absolute Gasteiger partial charge is 0.480 e. The Morgan fingerprint density at radius 3 is 2.62 bits per heavy atom. The van der Waals surface area contributed by atoms with Crippen LogP contribution < -0.4 is 0 Å². The highest BCUT2D eigenvalue weighted by Crippen LogP contribution is 2.30. The number of aliphatic carboxylic acids is 1. The maximum Gasteiger partial charge on any atom is 0.329 e. The van der Waals surface area contributed by atoms with Crippen LogP contribution >= 0.6 is 0 Å². The summed E-state index contributed by atoms with van der Waals surface area (Å²) in [6.45, 7) is 2.02. The summed E-state index contributed by atoms with van der Waals surface area (Å²) in [4.78, 5) is 37.8. The topological polar surface area (TPSA) is 90.3 Å². The average Bonchev–Trinajstić information content (AvgIpc) is 3.01. The van der Waals surface area contributed by atoms with E-state index in [4.69, 9.17) is 0 Å². The van der Waals surface area contributed by atoms with Crippen molar-refractivity contribution in [1.29, 1.82) is 0 Å². The Morgan fingerprint density at radius 2 is 1.96 bits per heavy atom. The maximum absolute atomic E-state index is 13.0. The molecule has 1 atom stereocenters. The molecule has 2 aliphatic heterocycles. The lowest BCUT2D eigenvalue weighted by Gasteiger charge is -2.33. The summed E-state index contributed by atoms with van der Waals surface area (Å²) in [5.41, 5.74) is -0.377. The van der Waals surface area contributed by atoms with Crippen LogP contribution in [-0.4, -0.2) is 50.6 Å². The molecule has 1 N–H and O–H groups in total. The van der Waals surface area contributed by atoms with E-state index in [1.54, 1.807) is 12.1 Å². The molecule has 0 spiro atoms. The number of carboxylic acid groups (broad SMARTS) is 1. The number of carboxylic acids is 1. The zero-order valence-electron chi connectivity index (χ0n) is 14.4. The predicted octanol–water partition coefficient (Wildman–Crippen LogP) is 1.77. The Morgan fingerprint density at radius 1 is 1.27 bits per heavy atom. The maximum atomic E-state index is 13.0. The monoisotopic (exact) mass is 361 g/mol. The Balaban J connectivity index is 1.80. The zero-order chi connectivity index (χ0) is 18.9. The molecular weight excluding hydrogens is 341 g/mol. The Bertz CT molecular complexity index is 777. The highest BCUT2D eigenvalue weighted by molar-refractivity contribution is 6.40. The summed E-state index contributed by atoms with van der Waals surface area (Å²) in [6.07, 6.45) is 1.31. The van der Waals surface area contributed by atoms with Crippen molar-refractivity contribution < 1.29 is 23.9 Å². The van der Waals surface area contributed by atoms with Gasteiger partial charge in [-0.05, 0) is 37.5 Å². The van der Waals surface area contributed by atoms with E-state index in [9.17, 15) is 23.9 Å². The average molecular weight is 361 g/mol. The van der Waals surface area contributed by atoms with Crippen LogP contribution in [0.15, 0.2) is 29.4 Å². The van der Waals surface area contributed by atoms with E-state index in [-0.39, 0.29) is 36.8 Å². The molecule has 26 heavy (non-hydrogen) atoms. The molecule has 1 unspecified atom stereocenters. The van der Waals surface area contributed by atoms with Gasteiger partial charge in [-0.2, -0.15) is 5.10 Å². The molecule has 0 aromatic heterocycles. The molecule has 1 fully saturated rings. The SMILES string of the molecule is CC1(C(=O)O)CCCN1C(=O)C1=NN(Cc2ccc(F)cc2)C(=O)CC1. The van der Waals surface area contributed by atoms with Crippen LogP contribution in [0.5, 0.6) is 0 Å². The fraction of sp³-hybridized carbons (Fsp3) is 0.444. The molecule has 1 saturated heterocycles. The van der Waals surface area contributed by atoms with Crippen LogP contribution in [0.1, 0.15) is 38.2 Å². The van der Waals surface area contributed by atoms with E-state index < -0.39 is 17.4 Å². The third kappa shape index (κ3) is 3.31. The molecule has 7 nitrogen and oxygen atoms in total. The van der Waals surface area contributed by atoms with Crippen molar-refractivity contribution in [2.24, 2.45) is 5.10 Å². The minimum absolute atomic E-state index is 0.128. The van der Waals surface area contributed by atoms with Crippen LogP contribution in [0.25, 0.3) is 0 Å². The smallest absolute Gasteiger partial charge is 0.329 e. The highest BCUT2D eigenvalue weighted by Gasteiger charge is 2.47. The Hall–Kier alpha value is -2.77. The first-order valence-corrected chi connectivity index (χ1v) is 8.49. The van der Waals surface area contributed by atoms with Gasteiger partial charge in [-0.15, -0.1) is 0 Å². The molecule has 0 bridgehead atoms. The number of hydrazone groups is 1. The standard InChI is InChI=1S/C18H20FN3O4/c1-18(17(25)26)9-2-10-21(18)16(24)14-7-8-15(23)22(20-14)11-12-3-5-13(19)6-4-12/h3-6H,2,7-11H2,1H3,(H,25,26). The summed E-state index contributed by atoms with van der Waals surface area (Å²) in [6, 6.07) is 5.69. The molecule has 2 amide bonds. The first kappa shape index (κ1) is 18.0. The molecule has 0 radical (unpaired) electrons. The number of benzene rings is 1. The molecule has 2 heterocycles. The van der Waals surface area contributed by atoms with Gasteiger partial charge in [0.05, 0.1) is 6.54 Å². The molecule has 1 aromatic carbocycles. The number of likely N-dealkylation sites (tertiary alicyclic amines) is 1. The van der Waals surface area contributed by atoms with Gasteiger partial charge in [0.25, 0.3) is 5.91 Å². The minimum Gasteiger partial charge on any atom is -0.480 e. The number of hydrogen-bond acceptors (Lipinski definition) is 4. The van der Waals surface area contributed by atoms with Crippen molar-refractivity contribution in [2.75, 3.05) is 6.54 Å². The zero-order valence-corrected chi connectivity index (χ0v) is 14.4. The number of hydrogen-bond donors (Lipinski definition) is 1. The van der Waals surface area contributed by atoms with Crippen molar-refractivity contribution in [1.82, 2.24) is 9.91 Å². The van der Waals surface area contributed by atoms with Gasteiger partial charge in [-0.3, -0.25) is 9.59 Å². The van der Waals surface area contributed by atoms with Crippen molar-refractivity contribution in [2.45, 2.75) is 44.7 Å². The first-order chi connectivity index (χ1) is 12.3. The number of carbonyl (C=O) groups is 3. The van der Waals surface area contributed by atoms with Gasteiger partial charge in [-0.1, -0.05) is 12.1 Å². The highest BCUT2D eigenvalue weighted by atomic mass is 19.1. The predicted molar refractivity (Wildman–Crippen MR) is 90.6 cm³/mol. The van der Waals surface area contributed by atoms with Gasteiger partial charge >= 0.3 is 5.97 Å². The molecule has 0 saturated carbocycles. The number of amides is 2. The van der Waals surface area contributed by atoms with Gasteiger partial charge < -0.3 is 10.0 Å². The minimum atomic E-state index is -1.25. The van der Waals surface area contributed by atoms with Crippen molar-refractivity contribution in [3.05, 3.63) is 35.6 Å². The fourth-order valence-corrected chi connectivity index (χ4v) is 3.31. The summed E-state index contributed by atoms with van der Waals surface area (Å²) in [5, 5.41) is 14.8. The van der Waals surface area contributed by atoms with E-state index >= 15 is 0 Å². The molecular formula is C18H20FN3O4. The van der Waals surface area contributed by atoms with Crippen molar-refractivity contribution in [3.63, 3.8) is 0 Å². The Kier molecular flexibility index (Phi) is 4.76. The van der Waals surface area contributed by atoms with Gasteiger partial charge in [0, 0.05) is 19.4 Å². The van der Waals surface area contributed by atoms with E-state index in [0.29, 0.717) is 24.9 Å². The van der Waals surface area contributed by atoms with Crippen molar-refractivity contribution in [3.8, 4) is 0 Å². The van der Waals surface area contributed by atoms with Gasteiger partial charge in [-0.25, -0.2) is 14.2 Å². The summed E-state index contributed by atoms with van der Waals surface area (Å²) in [5.74, 6) is -2.09. The number of nitrogens with zero attached hydrogens (tertiary/aromatic N) is 3. The fourth-order valence-electron chi connectivity index (χ4n) is 3.31. The van der Waals surface area contributed by atoms with Gasteiger partial charge in [0.2, 0.25) is 5.91 Å². The summed E-state index contributed by atoms with van der Waals surface area (Å²) >= 11 is 0. The molecule has 2 aliphatic rings. The molecule has 8 heteroatoms. The molecule has 138 valence electrons.